The Balaban J connectivity index is 1.06. The van der Waals surface area contributed by atoms with Gasteiger partial charge in [0.1, 0.15) is 11.6 Å². The van der Waals surface area contributed by atoms with Crippen LogP contribution >= 0.6 is 0 Å². The maximum Gasteiger partial charge on any atom is 0.256 e. The molecule has 2 unspecified atom stereocenters. The largest absolute Gasteiger partial charge is 0.338 e. The zero-order valence-corrected chi connectivity index (χ0v) is 21.4. The third-order valence-corrected chi connectivity index (χ3v) is 9.29. The molecule has 2 aromatic heterocycles. The van der Waals surface area contributed by atoms with E-state index in [0.717, 1.165) is 53.7 Å². The standard InChI is InChI=1S/C31H31N5O2/c1-18-22-12-19-13-23(18)17-31(15-19,16-22)30(38)33-24-8-5-20(6-9-24)28-34-25-10-7-21(14-26(25)35-28)29(37)36-27-4-2-3-11-32-27/h2-11,14,18-19,22-23H,12-13,15-17H2,1H3,(H,33,38)(H,34,35)(H,32,36,37). The molecular weight excluding hydrogens is 474 g/mol. The Morgan fingerprint density at radius 2 is 1.74 bits per heavy atom. The first-order chi connectivity index (χ1) is 18.5. The zero-order chi connectivity index (χ0) is 25.9. The van der Waals surface area contributed by atoms with Gasteiger partial charge in [0.25, 0.3) is 5.91 Å². The molecule has 2 heterocycles. The van der Waals surface area contributed by atoms with Crippen molar-refractivity contribution in [1.29, 1.82) is 0 Å². The van der Waals surface area contributed by atoms with Crippen LogP contribution in [-0.2, 0) is 4.79 Å². The molecule has 192 valence electrons. The molecule has 4 fully saturated rings. The number of anilines is 2. The van der Waals surface area contributed by atoms with Crippen LogP contribution in [-0.4, -0.2) is 26.8 Å². The monoisotopic (exact) mass is 505 g/mol. The summed E-state index contributed by atoms with van der Waals surface area (Å²) in [7, 11) is 0. The third-order valence-electron chi connectivity index (χ3n) is 9.29. The number of nitrogens with zero attached hydrogens (tertiary/aromatic N) is 2. The molecule has 2 amide bonds. The van der Waals surface area contributed by atoms with Gasteiger partial charge in [-0.1, -0.05) is 13.0 Å². The molecule has 0 aliphatic heterocycles. The molecule has 4 aliphatic rings. The fraction of sp³-hybridized carbons (Fsp3) is 0.355. The van der Waals surface area contributed by atoms with Gasteiger partial charge in [0, 0.05) is 23.0 Å². The summed E-state index contributed by atoms with van der Waals surface area (Å²) in [5.41, 5.74) is 3.64. The van der Waals surface area contributed by atoms with E-state index in [0.29, 0.717) is 28.7 Å². The molecule has 3 N–H and O–H groups in total. The average molecular weight is 506 g/mol. The highest BCUT2D eigenvalue weighted by atomic mass is 16.2. The molecule has 2 atom stereocenters. The summed E-state index contributed by atoms with van der Waals surface area (Å²) < 4.78 is 0. The minimum absolute atomic E-state index is 0.180. The summed E-state index contributed by atoms with van der Waals surface area (Å²) in [5.74, 6) is 4.11. The molecule has 2 aromatic carbocycles. The average Bonchev–Trinajstić information content (AvgIpc) is 3.36. The number of nitrogens with one attached hydrogen (secondary N) is 3. The molecule has 7 heteroatoms. The number of H-pyrrole nitrogens is 1. The first-order valence-electron chi connectivity index (χ1n) is 13.6. The van der Waals surface area contributed by atoms with E-state index in [1.54, 1.807) is 30.5 Å². The van der Waals surface area contributed by atoms with E-state index in [2.05, 4.69) is 27.5 Å². The van der Waals surface area contributed by atoms with Crippen LogP contribution in [0.3, 0.4) is 0 Å². The number of hydrogen-bond acceptors (Lipinski definition) is 4. The molecule has 4 aliphatic carbocycles. The minimum atomic E-state index is -0.233. The first-order valence-corrected chi connectivity index (χ1v) is 13.6. The topological polar surface area (TPSA) is 99.8 Å². The van der Waals surface area contributed by atoms with Gasteiger partial charge >= 0.3 is 0 Å². The fourth-order valence-corrected chi connectivity index (χ4v) is 7.44. The summed E-state index contributed by atoms with van der Waals surface area (Å²) in [6.45, 7) is 2.40. The van der Waals surface area contributed by atoms with Crippen molar-refractivity contribution in [3.63, 3.8) is 0 Å². The van der Waals surface area contributed by atoms with Gasteiger partial charge in [0.05, 0.1) is 16.4 Å². The molecular formula is C31H31N5O2. The van der Waals surface area contributed by atoms with Gasteiger partial charge in [0.2, 0.25) is 5.91 Å². The van der Waals surface area contributed by atoms with Crippen molar-refractivity contribution in [2.45, 2.75) is 39.0 Å². The number of hydrogen-bond donors (Lipinski definition) is 3. The molecule has 0 saturated heterocycles. The van der Waals surface area contributed by atoms with Crippen molar-refractivity contribution in [3.05, 3.63) is 72.4 Å². The van der Waals surface area contributed by atoms with Crippen LogP contribution in [0.15, 0.2) is 66.9 Å². The lowest BCUT2D eigenvalue weighted by atomic mass is 9.46. The number of aromatic nitrogens is 3. The van der Waals surface area contributed by atoms with Crippen molar-refractivity contribution >= 4 is 34.4 Å². The van der Waals surface area contributed by atoms with Gasteiger partial charge in [-0.2, -0.15) is 0 Å². The Morgan fingerprint density at radius 1 is 0.947 bits per heavy atom. The summed E-state index contributed by atoms with van der Waals surface area (Å²) in [6.07, 6.45) is 7.42. The van der Waals surface area contributed by atoms with Crippen molar-refractivity contribution in [2.24, 2.45) is 29.1 Å². The fourth-order valence-electron chi connectivity index (χ4n) is 7.44. The van der Waals surface area contributed by atoms with Gasteiger partial charge in [0.15, 0.2) is 0 Å². The van der Waals surface area contributed by atoms with E-state index in [9.17, 15) is 9.59 Å². The molecule has 0 spiro atoms. The Bertz CT molecular complexity index is 1510. The second kappa shape index (κ2) is 8.79. The number of imidazole rings is 1. The van der Waals surface area contributed by atoms with Crippen molar-refractivity contribution in [3.8, 4) is 11.4 Å². The normalized spacial score (nSPS) is 27.4. The lowest BCUT2D eigenvalue weighted by Gasteiger charge is -2.58. The van der Waals surface area contributed by atoms with Crippen LogP contribution in [0, 0.1) is 29.1 Å². The summed E-state index contributed by atoms with van der Waals surface area (Å²) in [5, 5.41) is 6.04. The van der Waals surface area contributed by atoms with Gasteiger partial charge in [-0.3, -0.25) is 9.59 Å². The van der Waals surface area contributed by atoms with E-state index in [4.69, 9.17) is 4.98 Å². The number of carbonyl (C=O) groups excluding carboxylic acids is 2. The number of fused-ring (bicyclic) bond motifs is 1. The smallest absolute Gasteiger partial charge is 0.256 e. The van der Waals surface area contributed by atoms with Crippen LogP contribution in [0.1, 0.15) is 49.4 Å². The maximum absolute atomic E-state index is 13.5. The van der Waals surface area contributed by atoms with Gasteiger partial charge in [-0.25, -0.2) is 9.97 Å². The van der Waals surface area contributed by atoms with E-state index in [-0.39, 0.29) is 17.2 Å². The highest BCUT2D eigenvalue weighted by Gasteiger charge is 2.57. The number of benzene rings is 2. The van der Waals surface area contributed by atoms with Crippen LogP contribution in [0.5, 0.6) is 0 Å². The Hall–Kier alpha value is -4.00. The number of aromatic amines is 1. The van der Waals surface area contributed by atoms with Gasteiger partial charge < -0.3 is 15.6 Å². The van der Waals surface area contributed by atoms with E-state index >= 15 is 0 Å². The SMILES string of the molecule is CC1C2CC3CC1CC(C(=O)Nc1ccc(-c4nc5cc(C(=O)Nc6ccccn6)ccc5[nH]4)cc1)(C3)C2. The molecule has 38 heavy (non-hydrogen) atoms. The highest BCUT2D eigenvalue weighted by molar-refractivity contribution is 6.05. The molecule has 4 bridgehead atoms. The van der Waals surface area contributed by atoms with E-state index < -0.39 is 0 Å². The van der Waals surface area contributed by atoms with Crippen LogP contribution in [0.2, 0.25) is 0 Å². The Kier molecular flexibility index (Phi) is 5.35. The predicted molar refractivity (Wildman–Crippen MR) is 148 cm³/mol. The molecule has 8 rings (SSSR count). The maximum atomic E-state index is 13.5. The second-order valence-electron chi connectivity index (χ2n) is 11.6. The van der Waals surface area contributed by atoms with Gasteiger partial charge in [-0.05, 0) is 110 Å². The zero-order valence-electron chi connectivity index (χ0n) is 21.4. The second-order valence-corrected chi connectivity index (χ2v) is 11.6. The van der Waals surface area contributed by atoms with Gasteiger partial charge in [-0.15, -0.1) is 0 Å². The lowest BCUT2D eigenvalue weighted by molar-refractivity contribution is -0.146. The van der Waals surface area contributed by atoms with Crippen LogP contribution < -0.4 is 10.6 Å². The quantitative estimate of drug-likeness (QED) is 0.297. The number of carbonyl (C=O) groups is 2. The summed E-state index contributed by atoms with van der Waals surface area (Å²) >= 11 is 0. The molecule has 4 aromatic rings. The number of amides is 2. The van der Waals surface area contributed by atoms with E-state index in [1.807, 2.05) is 36.4 Å². The molecule has 4 saturated carbocycles. The minimum Gasteiger partial charge on any atom is -0.338 e. The Labute approximate surface area is 221 Å². The number of pyridine rings is 1. The van der Waals surface area contributed by atoms with Crippen molar-refractivity contribution in [1.82, 2.24) is 15.0 Å². The summed E-state index contributed by atoms with van der Waals surface area (Å²) in [4.78, 5) is 38.3. The van der Waals surface area contributed by atoms with Crippen molar-refractivity contribution in [2.75, 3.05) is 10.6 Å². The predicted octanol–water partition coefficient (Wildman–Crippen LogP) is 6.28. The molecule has 7 nitrogen and oxygen atoms in total. The highest BCUT2D eigenvalue weighted by Crippen LogP contribution is 2.62. The number of rotatable bonds is 5. The Morgan fingerprint density at radius 3 is 2.47 bits per heavy atom. The van der Waals surface area contributed by atoms with E-state index in [1.165, 1.54) is 12.8 Å². The third kappa shape index (κ3) is 3.97. The first kappa shape index (κ1) is 23.1. The molecule has 0 radical (unpaired) electrons. The van der Waals surface area contributed by atoms with Crippen molar-refractivity contribution < 1.29 is 9.59 Å². The van der Waals surface area contributed by atoms with Crippen LogP contribution in [0.25, 0.3) is 22.4 Å². The van der Waals surface area contributed by atoms with Crippen LogP contribution in [0.4, 0.5) is 11.5 Å². The summed E-state index contributed by atoms with van der Waals surface area (Å²) in [6, 6.07) is 18.6. The lowest BCUT2D eigenvalue weighted by Crippen LogP contribution is -2.54.